The standard InChI is InChI=1S/C13H15FO/c1-3-7-12(15)13(10(2)14)11-8-5-4-6-9-11/h3-9,12-13,15H,2H2,1H3/b7-3+/t12-,13-/m1/s1. The van der Waals surface area contributed by atoms with Crippen molar-refractivity contribution < 1.29 is 9.50 Å². The number of benzene rings is 1. The molecule has 0 spiro atoms. The van der Waals surface area contributed by atoms with Gasteiger partial charge in [-0.15, -0.1) is 0 Å². The van der Waals surface area contributed by atoms with Gasteiger partial charge in [0, 0.05) is 0 Å². The lowest BCUT2D eigenvalue weighted by atomic mass is 9.92. The first-order valence-corrected chi connectivity index (χ1v) is 4.87. The first-order chi connectivity index (χ1) is 7.16. The second-order valence-corrected chi connectivity index (χ2v) is 3.35. The van der Waals surface area contributed by atoms with Crippen molar-refractivity contribution in [2.75, 3.05) is 0 Å². The van der Waals surface area contributed by atoms with Gasteiger partial charge in [-0.3, -0.25) is 0 Å². The van der Waals surface area contributed by atoms with Gasteiger partial charge in [0.15, 0.2) is 0 Å². The van der Waals surface area contributed by atoms with Crippen molar-refractivity contribution in [3.8, 4) is 0 Å². The molecule has 1 aromatic carbocycles. The largest absolute Gasteiger partial charge is 0.388 e. The Morgan fingerprint density at radius 3 is 2.47 bits per heavy atom. The molecule has 2 heteroatoms. The minimum absolute atomic E-state index is 0.521. The highest BCUT2D eigenvalue weighted by Gasteiger charge is 2.21. The van der Waals surface area contributed by atoms with E-state index < -0.39 is 17.8 Å². The van der Waals surface area contributed by atoms with Crippen molar-refractivity contribution in [2.24, 2.45) is 0 Å². The fourth-order valence-electron chi connectivity index (χ4n) is 1.53. The second-order valence-electron chi connectivity index (χ2n) is 3.35. The van der Waals surface area contributed by atoms with Crippen LogP contribution in [0.2, 0.25) is 0 Å². The summed E-state index contributed by atoms with van der Waals surface area (Å²) >= 11 is 0. The highest BCUT2D eigenvalue weighted by molar-refractivity contribution is 5.28. The molecule has 0 fully saturated rings. The Kier molecular flexibility index (Phi) is 4.25. The molecule has 0 heterocycles. The summed E-state index contributed by atoms with van der Waals surface area (Å²) in [6.07, 6.45) is 2.39. The quantitative estimate of drug-likeness (QED) is 0.750. The van der Waals surface area contributed by atoms with Crippen molar-refractivity contribution in [3.05, 3.63) is 60.5 Å². The summed E-state index contributed by atoms with van der Waals surface area (Å²) in [6.45, 7) is 5.06. The van der Waals surface area contributed by atoms with Crippen molar-refractivity contribution >= 4 is 0 Å². The molecule has 0 aliphatic carbocycles. The van der Waals surface area contributed by atoms with Crippen LogP contribution in [0.1, 0.15) is 18.4 Å². The normalized spacial score (nSPS) is 15.1. The van der Waals surface area contributed by atoms with Gasteiger partial charge in [-0.1, -0.05) is 49.1 Å². The number of hydrogen-bond donors (Lipinski definition) is 1. The molecule has 80 valence electrons. The molecule has 1 nitrogen and oxygen atoms in total. The topological polar surface area (TPSA) is 20.2 Å². The Balaban J connectivity index is 2.98. The molecule has 1 N–H and O–H groups in total. The summed E-state index contributed by atoms with van der Waals surface area (Å²) in [5, 5.41) is 9.75. The molecule has 0 radical (unpaired) electrons. The van der Waals surface area contributed by atoms with Gasteiger partial charge in [-0.25, -0.2) is 4.39 Å². The maximum Gasteiger partial charge on any atom is 0.103 e. The average Bonchev–Trinajstić information content (AvgIpc) is 2.19. The van der Waals surface area contributed by atoms with E-state index in [2.05, 4.69) is 6.58 Å². The minimum atomic E-state index is -0.866. The van der Waals surface area contributed by atoms with E-state index in [1.165, 1.54) is 0 Å². The maximum atomic E-state index is 13.2. The fourth-order valence-corrected chi connectivity index (χ4v) is 1.53. The SMILES string of the molecule is C=C(F)[C@H](c1ccccc1)[C@H](O)/C=C/C. The van der Waals surface area contributed by atoms with E-state index in [4.69, 9.17) is 0 Å². The lowest BCUT2D eigenvalue weighted by Gasteiger charge is -2.18. The van der Waals surface area contributed by atoms with Gasteiger partial charge in [-0.2, -0.15) is 0 Å². The molecule has 0 bridgehead atoms. The van der Waals surface area contributed by atoms with Gasteiger partial charge in [0.25, 0.3) is 0 Å². The van der Waals surface area contributed by atoms with Crippen molar-refractivity contribution in [1.29, 1.82) is 0 Å². The van der Waals surface area contributed by atoms with Gasteiger partial charge < -0.3 is 5.11 Å². The smallest absolute Gasteiger partial charge is 0.103 e. The molecular formula is C13H15FO. The summed E-state index contributed by atoms with van der Waals surface area (Å²) in [5.74, 6) is -1.20. The van der Waals surface area contributed by atoms with Gasteiger partial charge in [-0.05, 0) is 12.5 Å². The predicted octanol–water partition coefficient (Wildman–Crippen LogP) is 3.19. The molecule has 0 saturated carbocycles. The first-order valence-electron chi connectivity index (χ1n) is 4.87. The molecule has 1 rings (SSSR count). The molecule has 0 unspecified atom stereocenters. The van der Waals surface area contributed by atoms with Crippen LogP contribution in [0.3, 0.4) is 0 Å². The zero-order chi connectivity index (χ0) is 11.3. The number of halogens is 1. The van der Waals surface area contributed by atoms with E-state index in [1.54, 1.807) is 31.2 Å². The van der Waals surface area contributed by atoms with Crippen LogP contribution in [0, 0.1) is 0 Å². The predicted molar refractivity (Wildman–Crippen MR) is 60.3 cm³/mol. The second kappa shape index (κ2) is 5.47. The molecule has 0 aliphatic heterocycles. The lowest BCUT2D eigenvalue weighted by molar-refractivity contribution is 0.192. The van der Waals surface area contributed by atoms with Crippen molar-refractivity contribution in [1.82, 2.24) is 0 Å². The van der Waals surface area contributed by atoms with Crippen LogP contribution in [0.25, 0.3) is 0 Å². The number of hydrogen-bond acceptors (Lipinski definition) is 1. The zero-order valence-electron chi connectivity index (χ0n) is 8.73. The molecular weight excluding hydrogens is 191 g/mol. The molecule has 2 atom stereocenters. The number of aliphatic hydroxyl groups excluding tert-OH is 1. The van der Waals surface area contributed by atoms with Crippen LogP contribution >= 0.6 is 0 Å². The third-order valence-corrected chi connectivity index (χ3v) is 2.23. The molecule has 0 aliphatic rings. The average molecular weight is 206 g/mol. The van der Waals surface area contributed by atoms with Crippen molar-refractivity contribution in [2.45, 2.75) is 18.9 Å². The van der Waals surface area contributed by atoms with Crippen LogP contribution in [-0.4, -0.2) is 11.2 Å². The number of rotatable bonds is 4. The molecule has 0 saturated heterocycles. The Labute approximate surface area is 89.6 Å². The van der Waals surface area contributed by atoms with E-state index in [0.29, 0.717) is 0 Å². The summed E-state index contributed by atoms with van der Waals surface area (Å²) in [7, 11) is 0. The maximum absolute atomic E-state index is 13.2. The van der Waals surface area contributed by atoms with Gasteiger partial charge in [0.05, 0.1) is 12.0 Å². The third-order valence-electron chi connectivity index (χ3n) is 2.23. The van der Waals surface area contributed by atoms with Crippen LogP contribution < -0.4 is 0 Å². The molecule has 0 amide bonds. The Morgan fingerprint density at radius 1 is 1.40 bits per heavy atom. The first kappa shape index (κ1) is 11.7. The van der Waals surface area contributed by atoms with Crippen LogP contribution in [0.5, 0.6) is 0 Å². The summed E-state index contributed by atoms with van der Waals surface area (Å²) in [6, 6.07) is 9.04. The highest BCUT2D eigenvalue weighted by atomic mass is 19.1. The third kappa shape index (κ3) is 3.03. The zero-order valence-corrected chi connectivity index (χ0v) is 8.73. The highest BCUT2D eigenvalue weighted by Crippen LogP contribution is 2.28. The Bertz CT molecular complexity index is 343. The monoisotopic (exact) mass is 206 g/mol. The summed E-state index contributed by atoms with van der Waals surface area (Å²) in [5.41, 5.74) is 0.732. The summed E-state index contributed by atoms with van der Waals surface area (Å²) in [4.78, 5) is 0. The Morgan fingerprint density at radius 2 is 2.00 bits per heavy atom. The van der Waals surface area contributed by atoms with Crippen LogP contribution in [0.15, 0.2) is 54.9 Å². The van der Waals surface area contributed by atoms with Crippen molar-refractivity contribution in [3.63, 3.8) is 0 Å². The molecule has 15 heavy (non-hydrogen) atoms. The Hall–Kier alpha value is -1.41. The van der Waals surface area contributed by atoms with E-state index >= 15 is 0 Å². The van der Waals surface area contributed by atoms with E-state index in [0.717, 1.165) is 5.56 Å². The van der Waals surface area contributed by atoms with Gasteiger partial charge in [0.2, 0.25) is 0 Å². The number of allylic oxidation sites excluding steroid dienone is 1. The van der Waals surface area contributed by atoms with Gasteiger partial charge in [0.1, 0.15) is 5.83 Å². The van der Waals surface area contributed by atoms with Gasteiger partial charge >= 0.3 is 0 Å². The lowest BCUT2D eigenvalue weighted by Crippen LogP contribution is -2.16. The fraction of sp³-hybridized carbons (Fsp3) is 0.231. The molecule has 0 aromatic heterocycles. The number of aliphatic hydroxyl groups is 1. The van der Waals surface area contributed by atoms with E-state index in [9.17, 15) is 9.50 Å². The van der Waals surface area contributed by atoms with Crippen LogP contribution in [-0.2, 0) is 0 Å². The summed E-state index contributed by atoms with van der Waals surface area (Å²) < 4.78 is 13.2. The van der Waals surface area contributed by atoms with Crippen LogP contribution in [0.4, 0.5) is 4.39 Å². The molecule has 1 aromatic rings. The van der Waals surface area contributed by atoms with E-state index in [1.807, 2.05) is 18.2 Å². The minimum Gasteiger partial charge on any atom is -0.388 e. The van der Waals surface area contributed by atoms with E-state index in [-0.39, 0.29) is 0 Å².